The number of nitrogens with two attached hydrogens (primary N) is 2. The minimum Gasteiger partial charge on any atom is -0.363 e. The molecule has 8 N–H and O–H groups in total. The number of rotatable bonds is 9. The fourth-order valence-electron chi connectivity index (χ4n) is 1.56. The maximum absolute atomic E-state index is 5.15. The molecule has 0 bridgehead atoms. The summed E-state index contributed by atoms with van der Waals surface area (Å²) in [5.74, 6) is 0. The summed E-state index contributed by atoms with van der Waals surface area (Å²) in [6.45, 7) is 14.3. The van der Waals surface area contributed by atoms with Crippen molar-refractivity contribution in [3.63, 3.8) is 0 Å². The lowest BCUT2D eigenvalue weighted by Gasteiger charge is -2.14. The zero-order valence-electron chi connectivity index (χ0n) is 18.3. The van der Waals surface area contributed by atoms with Crippen molar-refractivity contribution < 1.29 is 0 Å². The van der Waals surface area contributed by atoms with E-state index >= 15 is 0 Å². The Balaban J connectivity index is -0.000000262. The SMILES string of the molecule is C.CC(C)N=C=S.CC(C)NC(=S)NCCCCCNC(=S)NC(C)C.NCN. The summed E-state index contributed by atoms with van der Waals surface area (Å²) in [4.78, 5) is 3.69. The zero-order valence-corrected chi connectivity index (χ0v) is 20.8. The molecule has 0 amide bonds. The van der Waals surface area contributed by atoms with Crippen LogP contribution in [0, 0.1) is 0 Å². The average molecular weight is 468 g/mol. The predicted molar refractivity (Wildman–Crippen MR) is 142 cm³/mol. The number of aliphatic imine (C=N–C) groups is 1. The predicted octanol–water partition coefficient (Wildman–Crippen LogP) is 2.90. The van der Waals surface area contributed by atoms with Crippen molar-refractivity contribution in [2.24, 2.45) is 16.5 Å². The normalized spacial score (nSPS) is 9.07. The van der Waals surface area contributed by atoms with Crippen LogP contribution in [0.5, 0.6) is 0 Å². The average Bonchev–Trinajstić information content (AvgIpc) is 2.53. The van der Waals surface area contributed by atoms with Gasteiger partial charge in [0.05, 0.1) is 11.2 Å². The summed E-state index contributed by atoms with van der Waals surface area (Å²) >= 11 is 14.6. The Kier molecular flexibility index (Phi) is 33.2. The maximum atomic E-state index is 5.15. The summed E-state index contributed by atoms with van der Waals surface area (Å²) in [6, 6.07) is 1.08. The van der Waals surface area contributed by atoms with Gasteiger partial charge in [-0.05, 0) is 97.5 Å². The number of thiocarbonyl (C=S) groups is 3. The molecule has 0 rings (SSSR count). The largest absolute Gasteiger partial charge is 0.363 e. The van der Waals surface area contributed by atoms with Crippen molar-refractivity contribution in [1.29, 1.82) is 0 Å². The Bertz CT molecular complexity index is 398. The molecule has 0 heterocycles. The number of nitrogens with one attached hydrogen (secondary N) is 4. The van der Waals surface area contributed by atoms with Crippen LogP contribution >= 0.6 is 36.7 Å². The summed E-state index contributed by atoms with van der Waals surface area (Å²) < 4.78 is 0. The zero-order chi connectivity index (χ0) is 22.4. The van der Waals surface area contributed by atoms with Gasteiger partial charge in [-0.1, -0.05) is 7.43 Å². The molecule has 0 aromatic heterocycles. The molecule has 0 aromatic carbocycles. The van der Waals surface area contributed by atoms with E-state index in [2.05, 4.69) is 82.8 Å². The van der Waals surface area contributed by atoms with Gasteiger partial charge in [0.25, 0.3) is 0 Å². The van der Waals surface area contributed by atoms with Gasteiger partial charge >= 0.3 is 0 Å². The third kappa shape index (κ3) is 42.3. The van der Waals surface area contributed by atoms with Crippen molar-refractivity contribution in [2.45, 2.75) is 86.4 Å². The number of unbranched alkanes of at least 4 members (excludes halogenated alkanes) is 2. The fourth-order valence-corrected chi connectivity index (χ4v) is 2.45. The molecule has 0 atom stereocenters. The Morgan fingerprint density at radius 3 is 1.38 bits per heavy atom. The molecule has 29 heavy (non-hydrogen) atoms. The standard InChI is InChI=1S/C13H28N4S2.C4H7NS.CH6N2.CH4/c1-10(2)16-12(18)14-8-6-5-7-9-15-13(19)17-11(3)4;1-4(2)5-3-6;2-1-3;/h10-11H,5-9H2,1-4H3,(H2,14,16,18)(H2,15,17,19);4H,1-2H3;1-3H2;1H4. The number of isothiocyanates is 1. The number of hydrogen-bond acceptors (Lipinski definition) is 6. The van der Waals surface area contributed by atoms with E-state index < -0.39 is 0 Å². The maximum Gasteiger partial charge on any atom is 0.166 e. The van der Waals surface area contributed by atoms with Gasteiger partial charge in [0.15, 0.2) is 10.2 Å². The first-order chi connectivity index (χ1) is 13.1. The molecule has 0 aromatic rings. The Morgan fingerprint density at radius 2 is 1.17 bits per heavy atom. The van der Waals surface area contributed by atoms with Gasteiger partial charge in [-0.2, -0.15) is 0 Å². The van der Waals surface area contributed by atoms with Crippen LogP contribution < -0.4 is 32.7 Å². The van der Waals surface area contributed by atoms with E-state index in [0.717, 1.165) is 42.6 Å². The monoisotopic (exact) mass is 467 g/mol. The van der Waals surface area contributed by atoms with Crippen LogP contribution in [0.3, 0.4) is 0 Å². The first kappa shape index (κ1) is 35.5. The first-order valence-corrected chi connectivity index (χ1v) is 10.9. The molecule has 0 saturated carbocycles. The van der Waals surface area contributed by atoms with Crippen LogP contribution in [0.15, 0.2) is 4.99 Å². The van der Waals surface area contributed by atoms with E-state index in [0.29, 0.717) is 18.1 Å². The number of nitrogens with zero attached hydrogens (tertiary/aromatic N) is 1. The summed E-state index contributed by atoms with van der Waals surface area (Å²) in [5, 5.41) is 16.5. The van der Waals surface area contributed by atoms with Crippen LogP contribution in [0.1, 0.15) is 68.2 Å². The van der Waals surface area contributed by atoms with Crippen LogP contribution in [0.2, 0.25) is 0 Å². The lowest BCUT2D eigenvalue weighted by Crippen LogP contribution is -2.40. The molecular formula is C19H45N7S3. The van der Waals surface area contributed by atoms with Crippen molar-refractivity contribution >= 4 is 52.0 Å². The Hall–Kier alpha value is -0.900. The molecule has 0 aliphatic rings. The van der Waals surface area contributed by atoms with Gasteiger partial charge in [-0.15, -0.1) is 0 Å². The molecule has 7 nitrogen and oxygen atoms in total. The first-order valence-electron chi connectivity index (χ1n) is 9.66. The smallest absolute Gasteiger partial charge is 0.166 e. The third-order valence-electron chi connectivity index (χ3n) is 2.58. The van der Waals surface area contributed by atoms with Gasteiger partial charge in [0, 0.05) is 31.8 Å². The van der Waals surface area contributed by atoms with Gasteiger partial charge in [-0.3, -0.25) is 0 Å². The molecule has 10 heteroatoms. The van der Waals surface area contributed by atoms with E-state index in [9.17, 15) is 0 Å². The van der Waals surface area contributed by atoms with Crippen LogP contribution in [0.4, 0.5) is 0 Å². The quantitative estimate of drug-likeness (QED) is 0.132. The second-order valence-corrected chi connectivity index (χ2v) is 7.72. The van der Waals surface area contributed by atoms with Crippen LogP contribution in [-0.2, 0) is 0 Å². The second kappa shape index (κ2) is 27.1. The lowest BCUT2D eigenvalue weighted by molar-refractivity contribution is 0.634. The molecule has 0 radical (unpaired) electrons. The van der Waals surface area contributed by atoms with Gasteiger partial charge in [0.2, 0.25) is 0 Å². The lowest BCUT2D eigenvalue weighted by atomic mass is 10.2. The molecule has 0 fully saturated rings. The van der Waals surface area contributed by atoms with E-state index in [1.165, 1.54) is 0 Å². The highest BCUT2D eigenvalue weighted by atomic mass is 32.1. The van der Waals surface area contributed by atoms with Crippen molar-refractivity contribution in [3.8, 4) is 0 Å². The fraction of sp³-hybridized carbons (Fsp3) is 0.842. The van der Waals surface area contributed by atoms with Crippen molar-refractivity contribution in [2.75, 3.05) is 19.8 Å². The molecular weight excluding hydrogens is 422 g/mol. The second-order valence-electron chi connectivity index (χ2n) is 6.72. The molecule has 174 valence electrons. The van der Waals surface area contributed by atoms with Gasteiger partial charge in [0.1, 0.15) is 0 Å². The Labute approximate surface area is 195 Å². The van der Waals surface area contributed by atoms with E-state index in [-0.39, 0.29) is 14.1 Å². The van der Waals surface area contributed by atoms with Crippen LogP contribution in [-0.4, -0.2) is 53.3 Å². The highest BCUT2D eigenvalue weighted by Gasteiger charge is 1.98. The van der Waals surface area contributed by atoms with Crippen molar-refractivity contribution in [1.82, 2.24) is 21.3 Å². The molecule has 0 aliphatic carbocycles. The summed E-state index contributed by atoms with van der Waals surface area (Å²) in [7, 11) is 0. The van der Waals surface area contributed by atoms with Crippen LogP contribution in [0.25, 0.3) is 0 Å². The number of hydrogen-bond donors (Lipinski definition) is 6. The van der Waals surface area contributed by atoms with E-state index in [4.69, 9.17) is 24.4 Å². The highest BCUT2D eigenvalue weighted by molar-refractivity contribution is 7.80. The Morgan fingerprint density at radius 1 is 0.828 bits per heavy atom. The minimum atomic E-state index is 0. The van der Waals surface area contributed by atoms with Gasteiger partial charge < -0.3 is 32.7 Å². The molecule has 0 spiro atoms. The van der Waals surface area contributed by atoms with Crippen molar-refractivity contribution in [3.05, 3.63) is 0 Å². The molecule has 0 unspecified atom stereocenters. The minimum absolute atomic E-state index is 0. The summed E-state index contributed by atoms with van der Waals surface area (Å²) in [5.41, 5.74) is 9.25. The summed E-state index contributed by atoms with van der Waals surface area (Å²) in [6.07, 6.45) is 3.40. The molecule has 0 aliphatic heterocycles. The third-order valence-corrected chi connectivity index (χ3v) is 3.20. The van der Waals surface area contributed by atoms with Gasteiger partial charge in [-0.25, -0.2) is 4.99 Å². The molecule has 0 saturated heterocycles. The highest BCUT2D eigenvalue weighted by Crippen LogP contribution is 1.92. The van der Waals surface area contributed by atoms with E-state index in [1.54, 1.807) is 0 Å². The topological polar surface area (TPSA) is 113 Å². The van der Waals surface area contributed by atoms with E-state index in [1.807, 2.05) is 13.8 Å².